The van der Waals surface area contributed by atoms with E-state index in [2.05, 4.69) is 74.9 Å². The molecule has 2 fully saturated rings. The molecule has 2 aliphatic heterocycles. The van der Waals surface area contributed by atoms with Crippen molar-refractivity contribution in [3.8, 4) is 17.2 Å². The molecule has 12 heteroatoms. The Labute approximate surface area is 289 Å². The van der Waals surface area contributed by atoms with Crippen LogP contribution in [0.1, 0.15) is 88.6 Å². The minimum Gasteiger partial charge on any atom is -0.507 e. The Balaban J connectivity index is 1.79. The van der Waals surface area contributed by atoms with Gasteiger partial charge < -0.3 is 24.4 Å². The predicted octanol–water partition coefficient (Wildman–Crippen LogP) is 6.93. The number of nitrogens with zero attached hydrogens (tertiary/aromatic N) is 4. The van der Waals surface area contributed by atoms with E-state index >= 15 is 0 Å². The number of hydrogen-bond donors (Lipinski definition) is 1. The van der Waals surface area contributed by atoms with Gasteiger partial charge in [-0.1, -0.05) is 41.5 Å². The summed E-state index contributed by atoms with van der Waals surface area (Å²) in [6.07, 6.45) is 1.60. The van der Waals surface area contributed by atoms with Crippen molar-refractivity contribution in [2.45, 2.75) is 88.1 Å². The average molecular weight is 693 g/mol. The molecule has 0 saturated carbocycles. The first-order chi connectivity index (χ1) is 22.8. The van der Waals surface area contributed by atoms with Crippen molar-refractivity contribution in [1.82, 2.24) is 9.80 Å². The summed E-state index contributed by atoms with van der Waals surface area (Å²) in [4.78, 5) is 15.0. The average Bonchev–Trinajstić information content (AvgIpc) is 3.03. The molecular weight excluding hydrogens is 644 g/mol. The number of likely N-dealkylation sites (tertiary alicyclic amines) is 2. The number of piperidine rings is 1. The molecule has 0 aliphatic carbocycles. The van der Waals surface area contributed by atoms with Crippen molar-refractivity contribution in [3.05, 3.63) is 87.0 Å². The fraction of sp³-hybridized carbons (Fsp3) is 0.486. The zero-order valence-corrected chi connectivity index (χ0v) is 30.7. The minimum absolute atomic E-state index is 0.0132. The van der Waals surface area contributed by atoms with E-state index in [-0.39, 0.29) is 39.2 Å². The maximum Gasteiger partial charge on any atom is 0.283 e. The molecule has 11 nitrogen and oxygen atoms in total. The maximum atomic E-state index is 14.0. The monoisotopic (exact) mass is 692 g/mol. The van der Waals surface area contributed by atoms with Crippen molar-refractivity contribution in [3.63, 3.8) is 0 Å². The first-order valence-corrected chi connectivity index (χ1v) is 18.0. The summed E-state index contributed by atoms with van der Waals surface area (Å²) in [5.74, 6) is 1.24. The van der Waals surface area contributed by atoms with E-state index in [4.69, 9.17) is 9.47 Å². The van der Waals surface area contributed by atoms with Crippen LogP contribution in [0.25, 0.3) is 0 Å². The van der Waals surface area contributed by atoms with E-state index in [0.29, 0.717) is 17.3 Å². The number of nitro groups is 1. The Hall–Kier alpha value is -4.16. The van der Waals surface area contributed by atoms with Crippen LogP contribution in [0.4, 0.5) is 5.69 Å². The Kier molecular flexibility index (Phi) is 9.79. The van der Waals surface area contributed by atoms with Gasteiger partial charge in [0.1, 0.15) is 23.1 Å². The molecule has 0 radical (unpaired) electrons. The van der Waals surface area contributed by atoms with Gasteiger partial charge in [0, 0.05) is 24.2 Å². The number of sulfonamides is 1. The SMILES string of the molecule is COc1cc(OC)cc(C2C(=NS(=O)(=O)c3ccc([N+](=O)[O-])cc3)N(C3CCN(C)CC3)C2c2cc(C(C)(C)C)c(O)c(C(C)(C)C)c2)c1. The number of hydrogen-bond acceptors (Lipinski definition) is 8. The van der Waals surface area contributed by atoms with Crippen molar-refractivity contribution in [2.24, 2.45) is 4.40 Å². The lowest BCUT2D eigenvalue weighted by Crippen LogP contribution is -2.60. The molecule has 2 aliphatic rings. The van der Waals surface area contributed by atoms with E-state index in [1.165, 1.54) is 24.3 Å². The van der Waals surface area contributed by atoms with Gasteiger partial charge in [-0.05, 0) is 102 Å². The second kappa shape index (κ2) is 13.3. The highest BCUT2D eigenvalue weighted by Gasteiger charge is 2.52. The van der Waals surface area contributed by atoms with Gasteiger partial charge >= 0.3 is 0 Å². The van der Waals surface area contributed by atoms with Crippen molar-refractivity contribution < 1.29 is 27.9 Å². The number of amidine groups is 1. The van der Waals surface area contributed by atoms with Crippen LogP contribution in [-0.4, -0.2) is 74.5 Å². The number of aromatic hydroxyl groups is 1. The fourth-order valence-corrected chi connectivity index (χ4v) is 7.93. The van der Waals surface area contributed by atoms with E-state index in [9.17, 15) is 23.6 Å². The van der Waals surface area contributed by atoms with Crippen LogP contribution in [-0.2, 0) is 20.9 Å². The summed E-state index contributed by atoms with van der Waals surface area (Å²) in [6, 6.07) is 14.1. The Morgan fingerprint density at radius 1 is 0.857 bits per heavy atom. The predicted molar refractivity (Wildman–Crippen MR) is 191 cm³/mol. The Morgan fingerprint density at radius 2 is 1.37 bits per heavy atom. The fourth-order valence-electron chi connectivity index (χ4n) is 6.89. The summed E-state index contributed by atoms with van der Waals surface area (Å²) in [5.41, 5.74) is 2.37. The summed E-state index contributed by atoms with van der Waals surface area (Å²) >= 11 is 0. The summed E-state index contributed by atoms with van der Waals surface area (Å²) in [5, 5.41) is 22.9. The smallest absolute Gasteiger partial charge is 0.283 e. The molecule has 1 N–H and O–H groups in total. The van der Waals surface area contributed by atoms with Gasteiger partial charge in [-0.3, -0.25) is 10.1 Å². The van der Waals surface area contributed by atoms with Crippen molar-refractivity contribution in [2.75, 3.05) is 34.4 Å². The first kappa shape index (κ1) is 36.1. The summed E-state index contributed by atoms with van der Waals surface area (Å²) in [6.45, 7) is 14.1. The van der Waals surface area contributed by atoms with Crippen LogP contribution < -0.4 is 9.47 Å². The van der Waals surface area contributed by atoms with Gasteiger partial charge in [0.25, 0.3) is 15.7 Å². The lowest BCUT2D eigenvalue weighted by atomic mass is 9.71. The van der Waals surface area contributed by atoms with E-state index in [1.807, 2.05) is 12.1 Å². The highest BCUT2D eigenvalue weighted by molar-refractivity contribution is 7.90. The van der Waals surface area contributed by atoms with E-state index < -0.39 is 20.9 Å². The van der Waals surface area contributed by atoms with Crippen LogP contribution >= 0.6 is 0 Å². The standard InChI is InChI=1S/C37H48N4O7S/c1-36(2,3)30-20-24(21-31(34(30)42)37(4,5)6)33-32(23-18-27(47-8)22-28(19-23)48-9)35(40(33)25-14-16-39(7)17-15-25)38-49(45,46)29-12-10-26(11-13-29)41(43)44/h10-13,18-22,25,32-33,42H,14-17H2,1-9H3. The van der Waals surface area contributed by atoms with Crippen LogP contribution in [0.3, 0.4) is 0 Å². The zero-order chi connectivity index (χ0) is 36.1. The molecule has 3 aromatic rings. The third-order valence-electron chi connectivity index (χ3n) is 9.62. The number of phenolic OH excluding ortho intramolecular Hbond substituents is 1. The molecule has 49 heavy (non-hydrogen) atoms. The highest BCUT2D eigenvalue weighted by atomic mass is 32.2. The second-order valence-corrected chi connectivity index (χ2v) is 16.8. The molecule has 0 bridgehead atoms. The van der Waals surface area contributed by atoms with E-state index in [1.54, 1.807) is 20.3 Å². The van der Waals surface area contributed by atoms with Crippen LogP contribution in [0.5, 0.6) is 17.2 Å². The molecule has 2 heterocycles. The number of rotatable bonds is 8. The third kappa shape index (κ3) is 7.26. The zero-order valence-electron chi connectivity index (χ0n) is 29.9. The first-order valence-electron chi connectivity index (χ1n) is 16.5. The molecule has 2 saturated heterocycles. The highest BCUT2D eigenvalue weighted by Crippen LogP contribution is 2.53. The number of non-ortho nitro benzene ring substituents is 1. The van der Waals surface area contributed by atoms with Crippen molar-refractivity contribution in [1.29, 1.82) is 0 Å². The van der Waals surface area contributed by atoms with Gasteiger partial charge in [0.2, 0.25) is 0 Å². The van der Waals surface area contributed by atoms with Gasteiger partial charge in [0.05, 0.1) is 36.0 Å². The summed E-state index contributed by atoms with van der Waals surface area (Å²) in [7, 11) is 0.937. The van der Waals surface area contributed by atoms with Gasteiger partial charge in [-0.25, -0.2) is 0 Å². The Bertz CT molecular complexity index is 1800. The number of phenols is 1. The molecule has 5 rings (SSSR count). The topological polar surface area (TPSA) is 135 Å². The lowest BCUT2D eigenvalue weighted by molar-refractivity contribution is -0.384. The molecule has 2 atom stereocenters. The molecule has 0 spiro atoms. The molecular formula is C37H48N4O7S. The normalized spacial score (nSPS) is 20.3. The number of benzene rings is 3. The van der Waals surface area contributed by atoms with Gasteiger partial charge in [-0.2, -0.15) is 8.42 Å². The number of nitro benzene ring substituents is 1. The molecule has 264 valence electrons. The van der Waals surface area contributed by atoms with Crippen LogP contribution in [0.2, 0.25) is 0 Å². The van der Waals surface area contributed by atoms with Crippen LogP contribution in [0, 0.1) is 10.1 Å². The molecule has 0 amide bonds. The van der Waals surface area contributed by atoms with Crippen molar-refractivity contribution >= 4 is 21.5 Å². The van der Waals surface area contributed by atoms with Crippen LogP contribution in [0.15, 0.2) is 63.9 Å². The molecule has 3 aromatic carbocycles. The number of methoxy groups -OCH3 is 2. The lowest BCUT2D eigenvalue weighted by Gasteiger charge is -2.56. The minimum atomic E-state index is -4.28. The second-order valence-electron chi connectivity index (χ2n) is 15.2. The van der Waals surface area contributed by atoms with E-state index in [0.717, 1.165) is 48.2 Å². The molecule has 2 unspecified atom stereocenters. The van der Waals surface area contributed by atoms with Gasteiger partial charge in [-0.15, -0.1) is 4.40 Å². The summed E-state index contributed by atoms with van der Waals surface area (Å²) < 4.78 is 43.8. The largest absolute Gasteiger partial charge is 0.507 e. The maximum absolute atomic E-state index is 14.0. The number of ether oxygens (including phenoxy) is 2. The Morgan fingerprint density at radius 3 is 1.82 bits per heavy atom. The quantitative estimate of drug-likeness (QED) is 0.197. The third-order valence-corrected chi connectivity index (χ3v) is 10.9. The molecule has 0 aromatic heterocycles. The van der Waals surface area contributed by atoms with Gasteiger partial charge in [0.15, 0.2) is 0 Å².